The van der Waals surface area contributed by atoms with Crippen LogP contribution in [0.5, 0.6) is 0 Å². The van der Waals surface area contributed by atoms with Crippen LogP contribution in [0, 0.1) is 0 Å². The van der Waals surface area contributed by atoms with E-state index in [0.717, 1.165) is 23.4 Å². The zero-order chi connectivity index (χ0) is 19.4. The quantitative estimate of drug-likeness (QED) is 0.648. The first-order valence-corrected chi connectivity index (χ1v) is 8.88. The van der Waals surface area contributed by atoms with Crippen LogP contribution in [0.15, 0.2) is 60.0 Å². The minimum absolute atomic E-state index is 0.173. The number of aromatic nitrogens is 3. The number of nitrogens with zero attached hydrogens (tertiary/aromatic N) is 3. The summed E-state index contributed by atoms with van der Waals surface area (Å²) in [7, 11) is 0. The highest BCUT2D eigenvalue weighted by molar-refractivity contribution is 7.98. The van der Waals surface area contributed by atoms with Gasteiger partial charge in [-0.1, -0.05) is 30.0 Å². The predicted molar refractivity (Wildman–Crippen MR) is 96.7 cm³/mol. The third-order valence-electron chi connectivity index (χ3n) is 3.61. The minimum atomic E-state index is -4.34. The number of hydrogen-bond donors (Lipinski definition) is 1. The molecule has 0 spiro atoms. The molecule has 0 aliphatic heterocycles. The van der Waals surface area contributed by atoms with E-state index < -0.39 is 11.7 Å². The summed E-state index contributed by atoms with van der Waals surface area (Å²) >= 11 is 1.36. The number of carbonyl (C=O) groups is 1. The molecule has 0 fully saturated rings. The molecule has 3 aromatic rings. The predicted octanol–water partition coefficient (Wildman–Crippen LogP) is 4.54. The molecule has 1 heterocycles. The zero-order valence-corrected chi connectivity index (χ0v) is 15.0. The zero-order valence-electron chi connectivity index (χ0n) is 14.2. The van der Waals surface area contributed by atoms with Gasteiger partial charge in [0.2, 0.25) is 5.91 Å². The van der Waals surface area contributed by atoms with Crippen LogP contribution >= 0.6 is 11.8 Å². The molecule has 1 N–H and O–H groups in total. The average molecular weight is 392 g/mol. The first-order chi connectivity index (χ1) is 12.8. The molecule has 0 saturated heterocycles. The van der Waals surface area contributed by atoms with Crippen LogP contribution in [-0.4, -0.2) is 20.7 Å². The normalized spacial score (nSPS) is 11.4. The molecule has 0 radical (unpaired) electrons. The molecule has 140 valence electrons. The van der Waals surface area contributed by atoms with E-state index >= 15 is 0 Å². The molecule has 27 heavy (non-hydrogen) atoms. The number of halogens is 3. The van der Waals surface area contributed by atoms with E-state index in [0.29, 0.717) is 16.6 Å². The van der Waals surface area contributed by atoms with Gasteiger partial charge in [0, 0.05) is 18.4 Å². The summed E-state index contributed by atoms with van der Waals surface area (Å²) in [5.74, 6) is 0.273. The standard InChI is InChI=1S/C18H15F3N4OS/c1-12(26)23-15-3-2-4-16(9-15)25-11-22-24-17(25)27-10-13-5-7-14(8-6-13)18(19,20)21/h2-9,11H,10H2,1H3,(H,23,26). The maximum Gasteiger partial charge on any atom is 0.416 e. The Kier molecular flexibility index (Phi) is 5.50. The molecular weight excluding hydrogens is 377 g/mol. The lowest BCUT2D eigenvalue weighted by Crippen LogP contribution is -2.06. The summed E-state index contributed by atoms with van der Waals surface area (Å²) in [4.78, 5) is 11.2. The highest BCUT2D eigenvalue weighted by Gasteiger charge is 2.29. The van der Waals surface area contributed by atoms with Gasteiger partial charge >= 0.3 is 6.18 Å². The van der Waals surface area contributed by atoms with Gasteiger partial charge in [0.15, 0.2) is 5.16 Å². The second-order valence-electron chi connectivity index (χ2n) is 5.70. The van der Waals surface area contributed by atoms with Crippen LogP contribution in [0.3, 0.4) is 0 Å². The van der Waals surface area contributed by atoms with Crippen molar-refractivity contribution in [2.75, 3.05) is 5.32 Å². The maximum absolute atomic E-state index is 12.6. The molecule has 9 heteroatoms. The largest absolute Gasteiger partial charge is 0.416 e. The summed E-state index contributed by atoms with van der Waals surface area (Å²) in [6.45, 7) is 1.43. The van der Waals surface area contributed by atoms with Crippen LogP contribution in [-0.2, 0) is 16.7 Å². The van der Waals surface area contributed by atoms with Gasteiger partial charge in [-0.2, -0.15) is 13.2 Å². The van der Waals surface area contributed by atoms with Gasteiger partial charge in [0.05, 0.1) is 11.3 Å². The van der Waals surface area contributed by atoms with Crippen molar-refractivity contribution in [1.29, 1.82) is 0 Å². The molecule has 0 atom stereocenters. The molecule has 1 aromatic heterocycles. The third-order valence-corrected chi connectivity index (χ3v) is 4.62. The van der Waals surface area contributed by atoms with Gasteiger partial charge in [-0.25, -0.2) is 0 Å². The number of amides is 1. The fourth-order valence-corrected chi connectivity index (χ4v) is 3.26. The molecule has 2 aromatic carbocycles. The lowest BCUT2D eigenvalue weighted by atomic mass is 10.1. The van der Waals surface area contributed by atoms with E-state index in [4.69, 9.17) is 0 Å². The Balaban J connectivity index is 1.73. The molecule has 0 bridgehead atoms. The molecule has 3 rings (SSSR count). The SMILES string of the molecule is CC(=O)Nc1cccc(-n2cnnc2SCc2ccc(C(F)(F)F)cc2)c1. The number of benzene rings is 2. The Bertz CT molecular complexity index is 938. The molecule has 1 amide bonds. The van der Waals surface area contributed by atoms with E-state index in [2.05, 4.69) is 15.5 Å². The summed E-state index contributed by atoms with van der Waals surface area (Å²) in [5.41, 5.74) is 1.48. The molecule has 0 saturated carbocycles. The molecule has 0 aliphatic rings. The smallest absolute Gasteiger partial charge is 0.326 e. The van der Waals surface area contributed by atoms with Crippen molar-refractivity contribution in [3.63, 3.8) is 0 Å². The van der Waals surface area contributed by atoms with Crippen molar-refractivity contribution in [2.24, 2.45) is 0 Å². The monoisotopic (exact) mass is 392 g/mol. The van der Waals surface area contributed by atoms with E-state index in [1.807, 2.05) is 6.07 Å². The first-order valence-electron chi connectivity index (χ1n) is 7.90. The van der Waals surface area contributed by atoms with Crippen LogP contribution in [0.2, 0.25) is 0 Å². The topological polar surface area (TPSA) is 59.8 Å². The van der Waals surface area contributed by atoms with Crippen molar-refractivity contribution in [3.05, 3.63) is 66.0 Å². The van der Waals surface area contributed by atoms with Gasteiger partial charge in [0.1, 0.15) is 6.33 Å². The highest BCUT2D eigenvalue weighted by atomic mass is 32.2. The van der Waals surface area contributed by atoms with Crippen molar-refractivity contribution in [3.8, 4) is 5.69 Å². The molecule has 0 aliphatic carbocycles. The van der Waals surface area contributed by atoms with Gasteiger partial charge in [-0.3, -0.25) is 9.36 Å². The van der Waals surface area contributed by atoms with Gasteiger partial charge in [-0.05, 0) is 35.9 Å². The number of hydrogen-bond acceptors (Lipinski definition) is 4. The van der Waals surface area contributed by atoms with E-state index in [-0.39, 0.29) is 5.91 Å². The Labute approximate surface area is 157 Å². The fourth-order valence-electron chi connectivity index (χ4n) is 2.37. The Hall–Kier alpha value is -2.81. The lowest BCUT2D eigenvalue weighted by molar-refractivity contribution is -0.137. The van der Waals surface area contributed by atoms with Crippen LogP contribution in [0.25, 0.3) is 5.69 Å². The minimum Gasteiger partial charge on any atom is -0.326 e. The van der Waals surface area contributed by atoms with Crippen LogP contribution < -0.4 is 5.32 Å². The van der Waals surface area contributed by atoms with Crippen molar-refractivity contribution < 1.29 is 18.0 Å². The first kappa shape index (κ1) is 19.0. The summed E-state index contributed by atoms with van der Waals surface area (Å²) in [6.07, 6.45) is -2.80. The average Bonchev–Trinajstić information content (AvgIpc) is 3.08. The summed E-state index contributed by atoms with van der Waals surface area (Å²) in [6, 6.07) is 12.2. The molecule has 5 nitrogen and oxygen atoms in total. The number of carbonyl (C=O) groups excluding carboxylic acids is 1. The van der Waals surface area contributed by atoms with Crippen molar-refractivity contribution in [1.82, 2.24) is 14.8 Å². The Morgan fingerprint density at radius 1 is 1.19 bits per heavy atom. The van der Waals surface area contributed by atoms with Crippen LogP contribution in [0.4, 0.5) is 18.9 Å². The van der Waals surface area contributed by atoms with Crippen LogP contribution in [0.1, 0.15) is 18.1 Å². The van der Waals surface area contributed by atoms with Gasteiger partial charge in [-0.15, -0.1) is 10.2 Å². The van der Waals surface area contributed by atoms with Crippen molar-refractivity contribution in [2.45, 2.75) is 24.0 Å². The number of thioether (sulfide) groups is 1. The summed E-state index contributed by atoms with van der Waals surface area (Å²) in [5, 5.41) is 11.3. The second kappa shape index (κ2) is 7.83. The van der Waals surface area contributed by atoms with Crippen molar-refractivity contribution >= 4 is 23.4 Å². The third kappa shape index (κ3) is 4.88. The van der Waals surface area contributed by atoms with Gasteiger partial charge in [0.25, 0.3) is 0 Å². The number of alkyl halides is 3. The second-order valence-corrected chi connectivity index (χ2v) is 6.64. The highest BCUT2D eigenvalue weighted by Crippen LogP contribution is 2.30. The lowest BCUT2D eigenvalue weighted by Gasteiger charge is -2.09. The van der Waals surface area contributed by atoms with Gasteiger partial charge < -0.3 is 5.32 Å². The molecule has 0 unspecified atom stereocenters. The van der Waals surface area contributed by atoms with E-state index in [9.17, 15) is 18.0 Å². The molecular formula is C18H15F3N4OS. The fraction of sp³-hybridized carbons (Fsp3) is 0.167. The number of nitrogens with one attached hydrogen (secondary N) is 1. The Morgan fingerprint density at radius 3 is 2.59 bits per heavy atom. The Morgan fingerprint density at radius 2 is 1.93 bits per heavy atom. The maximum atomic E-state index is 12.6. The van der Waals surface area contributed by atoms with E-state index in [1.165, 1.54) is 30.8 Å². The number of anilines is 1. The summed E-state index contributed by atoms with van der Waals surface area (Å²) < 4.78 is 39.6. The van der Waals surface area contributed by atoms with E-state index in [1.54, 1.807) is 29.1 Å². The number of rotatable bonds is 5.